The lowest BCUT2D eigenvalue weighted by molar-refractivity contribution is 0.663. The molecular weight excluding hydrogens is 536 g/mol. The van der Waals surface area contributed by atoms with Gasteiger partial charge in [-0.2, -0.15) is 0 Å². The quantitative estimate of drug-likeness (QED) is 0.197. The van der Waals surface area contributed by atoms with Crippen molar-refractivity contribution >= 4 is 76.2 Å². The summed E-state index contributed by atoms with van der Waals surface area (Å²) in [7, 11) is 0. The Labute approximate surface area is 252 Å². The molecule has 0 aliphatic carbocycles. The van der Waals surface area contributed by atoms with Gasteiger partial charge in [-0.1, -0.05) is 115 Å². The molecule has 0 spiro atoms. The summed E-state index contributed by atoms with van der Waals surface area (Å²) in [6.07, 6.45) is 0. The molecule has 0 N–H and O–H groups in total. The van der Waals surface area contributed by atoms with E-state index in [9.17, 15) is 0 Å². The molecule has 0 saturated heterocycles. The second-order valence-corrected chi connectivity index (χ2v) is 11.6. The molecule has 0 amide bonds. The minimum Gasteiger partial charge on any atom is -0.456 e. The van der Waals surface area contributed by atoms with Crippen LogP contribution in [0.4, 0.5) is 0 Å². The molecule has 10 rings (SSSR count). The molecule has 2 heteroatoms. The Kier molecular flexibility index (Phi) is 4.75. The zero-order chi connectivity index (χ0) is 28.8. The fourth-order valence-corrected chi connectivity index (χ4v) is 7.37. The standard InChI is InChI=1S/C42H24O2/c1-2-12-27-25(10-1)11-9-18-29(27)40-32-16-5-3-14-30(32)39(31-15-4-6-17-33(31)40)26-20-22-37-35(24-26)41-38(43-37)23-21-34-28-13-7-8-19-36(28)44-42(34)41/h1-24H. The third kappa shape index (κ3) is 3.20. The van der Waals surface area contributed by atoms with Crippen molar-refractivity contribution < 1.29 is 8.83 Å². The first-order valence-electron chi connectivity index (χ1n) is 15.0. The van der Waals surface area contributed by atoms with E-state index in [1.54, 1.807) is 0 Å². The lowest BCUT2D eigenvalue weighted by Crippen LogP contribution is -1.91. The average Bonchev–Trinajstić information content (AvgIpc) is 3.65. The van der Waals surface area contributed by atoms with E-state index in [0.717, 1.165) is 49.4 Å². The number of hydrogen-bond acceptors (Lipinski definition) is 2. The topological polar surface area (TPSA) is 26.3 Å². The molecule has 0 atom stereocenters. The lowest BCUT2D eigenvalue weighted by atomic mass is 9.84. The van der Waals surface area contributed by atoms with Crippen molar-refractivity contribution in [3.8, 4) is 22.3 Å². The zero-order valence-corrected chi connectivity index (χ0v) is 23.7. The molecule has 2 nitrogen and oxygen atoms in total. The van der Waals surface area contributed by atoms with Gasteiger partial charge in [0.2, 0.25) is 0 Å². The van der Waals surface area contributed by atoms with Crippen LogP contribution in [-0.2, 0) is 0 Å². The predicted molar refractivity (Wildman–Crippen MR) is 184 cm³/mol. The minimum absolute atomic E-state index is 0.838. The maximum atomic E-state index is 6.46. The third-order valence-electron chi connectivity index (χ3n) is 9.26. The Hall–Kier alpha value is -5.86. The van der Waals surface area contributed by atoms with E-state index < -0.39 is 0 Å². The highest BCUT2D eigenvalue weighted by molar-refractivity contribution is 6.25. The molecule has 0 bridgehead atoms. The SMILES string of the molecule is c1ccc2c(-c3c4ccccc4c(-c4ccc5oc6ccc7c8ccccc8oc7c6c5c4)c4ccccc34)cccc2c1. The Morgan fingerprint density at radius 2 is 0.932 bits per heavy atom. The Morgan fingerprint density at radius 3 is 1.70 bits per heavy atom. The van der Waals surface area contributed by atoms with Crippen LogP contribution in [0.25, 0.3) is 98.4 Å². The highest BCUT2D eigenvalue weighted by Gasteiger charge is 2.20. The molecule has 2 heterocycles. The molecule has 0 fully saturated rings. The van der Waals surface area contributed by atoms with Gasteiger partial charge < -0.3 is 8.83 Å². The van der Waals surface area contributed by atoms with E-state index >= 15 is 0 Å². The maximum Gasteiger partial charge on any atom is 0.147 e. The summed E-state index contributed by atoms with van der Waals surface area (Å²) in [5.41, 5.74) is 8.38. The van der Waals surface area contributed by atoms with Crippen LogP contribution in [0.1, 0.15) is 0 Å². The van der Waals surface area contributed by atoms with Crippen LogP contribution in [0.2, 0.25) is 0 Å². The molecule has 0 unspecified atom stereocenters. The number of fused-ring (bicyclic) bond motifs is 10. The van der Waals surface area contributed by atoms with E-state index in [0.29, 0.717) is 0 Å². The largest absolute Gasteiger partial charge is 0.456 e. The number of para-hydroxylation sites is 1. The van der Waals surface area contributed by atoms with Crippen molar-refractivity contribution in [2.24, 2.45) is 0 Å². The van der Waals surface area contributed by atoms with Crippen LogP contribution < -0.4 is 0 Å². The van der Waals surface area contributed by atoms with Crippen molar-refractivity contribution in [2.75, 3.05) is 0 Å². The van der Waals surface area contributed by atoms with E-state index in [-0.39, 0.29) is 0 Å². The molecule has 0 aliphatic heterocycles. The predicted octanol–water partition coefficient (Wildman–Crippen LogP) is 12.3. The fourth-order valence-electron chi connectivity index (χ4n) is 7.37. The van der Waals surface area contributed by atoms with Crippen molar-refractivity contribution in [1.29, 1.82) is 0 Å². The van der Waals surface area contributed by atoms with Crippen LogP contribution in [-0.4, -0.2) is 0 Å². The summed E-state index contributed by atoms with van der Waals surface area (Å²) in [4.78, 5) is 0. The maximum absolute atomic E-state index is 6.46. The fraction of sp³-hybridized carbons (Fsp3) is 0. The third-order valence-corrected chi connectivity index (χ3v) is 9.26. The van der Waals surface area contributed by atoms with Gasteiger partial charge >= 0.3 is 0 Å². The average molecular weight is 561 g/mol. The van der Waals surface area contributed by atoms with Crippen molar-refractivity contribution in [3.05, 3.63) is 146 Å². The van der Waals surface area contributed by atoms with Gasteiger partial charge in [0.05, 0.1) is 5.39 Å². The van der Waals surface area contributed by atoms with Crippen LogP contribution >= 0.6 is 0 Å². The first-order chi connectivity index (χ1) is 21.8. The summed E-state index contributed by atoms with van der Waals surface area (Å²) in [6, 6.07) is 52.0. The van der Waals surface area contributed by atoms with E-state index in [1.807, 2.05) is 12.1 Å². The van der Waals surface area contributed by atoms with Crippen LogP contribution in [0.3, 0.4) is 0 Å². The second-order valence-electron chi connectivity index (χ2n) is 11.6. The highest BCUT2D eigenvalue weighted by atomic mass is 16.3. The monoisotopic (exact) mass is 560 g/mol. The number of hydrogen-bond donors (Lipinski definition) is 0. The normalized spacial score (nSPS) is 12.1. The Balaban J connectivity index is 1.32. The van der Waals surface area contributed by atoms with E-state index in [2.05, 4.69) is 133 Å². The van der Waals surface area contributed by atoms with Crippen molar-refractivity contribution in [3.63, 3.8) is 0 Å². The molecule has 0 aliphatic rings. The molecule has 2 aromatic heterocycles. The van der Waals surface area contributed by atoms with Gasteiger partial charge in [0, 0.05) is 16.2 Å². The van der Waals surface area contributed by atoms with Gasteiger partial charge in [0.25, 0.3) is 0 Å². The smallest absolute Gasteiger partial charge is 0.147 e. The lowest BCUT2D eigenvalue weighted by Gasteiger charge is -2.18. The molecule has 44 heavy (non-hydrogen) atoms. The van der Waals surface area contributed by atoms with Crippen molar-refractivity contribution in [2.45, 2.75) is 0 Å². The highest BCUT2D eigenvalue weighted by Crippen LogP contribution is 2.47. The minimum atomic E-state index is 0.838. The Bertz CT molecular complexity index is 2710. The molecular formula is C42H24O2. The van der Waals surface area contributed by atoms with Gasteiger partial charge in [-0.05, 0) is 84.9 Å². The molecule has 10 aromatic rings. The summed E-state index contributed by atoms with van der Waals surface area (Å²) >= 11 is 0. The van der Waals surface area contributed by atoms with Crippen LogP contribution in [0.5, 0.6) is 0 Å². The summed E-state index contributed by atoms with van der Waals surface area (Å²) < 4.78 is 12.8. The van der Waals surface area contributed by atoms with Gasteiger partial charge in [-0.3, -0.25) is 0 Å². The van der Waals surface area contributed by atoms with E-state index in [1.165, 1.54) is 49.0 Å². The second kappa shape index (κ2) is 8.82. The van der Waals surface area contributed by atoms with Gasteiger partial charge in [0.1, 0.15) is 22.3 Å². The first-order valence-corrected chi connectivity index (χ1v) is 15.0. The van der Waals surface area contributed by atoms with E-state index in [4.69, 9.17) is 8.83 Å². The first kappa shape index (κ1) is 23.7. The van der Waals surface area contributed by atoms with Crippen molar-refractivity contribution in [1.82, 2.24) is 0 Å². The summed E-state index contributed by atoms with van der Waals surface area (Å²) in [6.45, 7) is 0. The van der Waals surface area contributed by atoms with Gasteiger partial charge in [-0.15, -0.1) is 0 Å². The molecule has 0 saturated carbocycles. The van der Waals surface area contributed by atoms with Crippen LogP contribution in [0.15, 0.2) is 154 Å². The molecule has 8 aromatic carbocycles. The molecule has 204 valence electrons. The summed E-state index contributed by atoms with van der Waals surface area (Å²) in [5.74, 6) is 0. The summed E-state index contributed by atoms with van der Waals surface area (Å²) in [5, 5.41) is 11.8. The number of benzene rings is 8. The Morgan fingerprint density at radius 1 is 0.341 bits per heavy atom. The number of furan rings is 2. The van der Waals surface area contributed by atoms with Crippen LogP contribution in [0, 0.1) is 0 Å². The zero-order valence-electron chi connectivity index (χ0n) is 23.7. The number of rotatable bonds is 2. The van der Waals surface area contributed by atoms with Gasteiger partial charge in [0.15, 0.2) is 0 Å². The van der Waals surface area contributed by atoms with Gasteiger partial charge in [-0.25, -0.2) is 0 Å². The molecule has 0 radical (unpaired) electrons.